The van der Waals surface area contributed by atoms with Crippen LogP contribution in [0.4, 0.5) is 0 Å². The van der Waals surface area contributed by atoms with Crippen molar-refractivity contribution in [1.82, 2.24) is 4.98 Å². The van der Waals surface area contributed by atoms with E-state index < -0.39 is 0 Å². The topological polar surface area (TPSA) is 12.9 Å². The minimum atomic E-state index is 0.219. The first-order chi connectivity index (χ1) is 8.05. The van der Waals surface area contributed by atoms with Crippen LogP contribution in [0.2, 0.25) is 0 Å². The van der Waals surface area contributed by atoms with Crippen LogP contribution in [0.3, 0.4) is 0 Å². The highest BCUT2D eigenvalue weighted by atomic mass is 14.7. The largest absolute Gasteiger partial charge is 0.261 e. The second-order valence-corrected chi connectivity index (χ2v) is 6.50. The Bertz CT molecular complexity index is 339. The van der Waals surface area contributed by atoms with Crippen molar-refractivity contribution in [2.45, 2.75) is 64.7 Å². The monoisotopic (exact) mass is 231 g/mol. The van der Waals surface area contributed by atoms with Crippen LogP contribution in [0.15, 0.2) is 18.3 Å². The molecule has 94 valence electrons. The average molecular weight is 231 g/mol. The van der Waals surface area contributed by atoms with Crippen LogP contribution in [0.5, 0.6) is 0 Å². The molecule has 1 aliphatic rings. The number of hydrogen-bond donors (Lipinski definition) is 0. The van der Waals surface area contributed by atoms with E-state index in [1.807, 2.05) is 0 Å². The molecule has 2 rings (SSSR count). The van der Waals surface area contributed by atoms with Crippen molar-refractivity contribution in [3.05, 3.63) is 29.6 Å². The lowest BCUT2D eigenvalue weighted by Gasteiger charge is -2.22. The predicted molar refractivity (Wildman–Crippen MR) is 73.2 cm³/mol. The zero-order valence-electron chi connectivity index (χ0n) is 11.5. The van der Waals surface area contributed by atoms with Crippen LogP contribution in [-0.4, -0.2) is 4.98 Å². The zero-order chi connectivity index (χ0) is 12.3. The molecule has 0 aliphatic heterocycles. The fraction of sp³-hybridized carbons (Fsp3) is 0.688. The molecule has 0 bridgehead atoms. The maximum Gasteiger partial charge on any atom is 0.0406 e. The highest BCUT2D eigenvalue weighted by Gasteiger charge is 2.16. The van der Waals surface area contributed by atoms with Crippen molar-refractivity contribution >= 4 is 0 Å². The normalized spacial score (nSPS) is 18.3. The zero-order valence-corrected chi connectivity index (χ0v) is 11.5. The Hall–Kier alpha value is -0.850. The Morgan fingerprint density at radius 3 is 2.35 bits per heavy atom. The molecule has 0 saturated heterocycles. The summed E-state index contributed by atoms with van der Waals surface area (Å²) in [6.45, 7) is 6.72. The minimum absolute atomic E-state index is 0.219. The number of pyridine rings is 1. The van der Waals surface area contributed by atoms with Gasteiger partial charge in [-0.05, 0) is 29.4 Å². The summed E-state index contributed by atoms with van der Waals surface area (Å²) in [7, 11) is 0. The first-order valence-electron chi connectivity index (χ1n) is 7.01. The first kappa shape index (κ1) is 12.6. The van der Waals surface area contributed by atoms with Gasteiger partial charge < -0.3 is 0 Å². The molecule has 1 aromatic heterocycles. The van der Waals surface area contributed by atoms with Crippen molar-refractivity contribution < 1.29 is 0 Å². The van der Waals surface area contributed by atoms with Crippen molar-refractivity contribution in [2.75, 3.05) is 0 Å². The van der Waals surface area contributed by atoms with E-state index in [1.165, 1.54) is 49.8 Å². The van der Waals surface area contributed by atoms with Gasteiger partial charge in [0.15, 0.2) is 0 Å². The maximum atomic E-state index is 4.64. The van der Waals surface area contributed by atoms with Crippen LogP contribution in [0, 0.1) is 5.92 Å². The second-order valence-electron chi connectivity index (χ2n) is 6.50. The molecule has 1 saturated carbocycles. The Labute approximate surface area is 106 Å². The van der Waals surface area contributed by atoms with Crippen LogP contribution in [0.25, 0.3) is 0 Å². The molecule has 0 unspecified atom stereocenters. The summed E-state index contributed by atoms with van der Waals surface area (Å²) < 4.78 is 0. The third-order valence-electron chi connectivity index (χ3n) is 3.91. The Morgan fingerprint density at radius 1 is 1.12 bits per heavy atom. The van der Waals surface area contributed by atoms with E-state index in [4.69, 9.17) is 0 Å². The third-order valence-corrected chi connectivity index (χ3v) is 3.91. The summed E-state index contributed by atoms with van der Waals surface area (Å²) >= 11 is 0. The first-order valence-corrected chi connectivity index (χ1v) is 7.01. The van der Waals surface area contributed by atoms with Crippen molar-refractivity contribution in [1.29, 1.82) is 0 Å². The fourth-order valence-electron chi connectivity index (χ4n) is 2.68. The molecule has 0 atom stereocenters. The number of aromatic nitrogens is 1. The lowest BCUT2D eigenvalue weighted by molar-refractivity contribution is 0.354. The molecule has 1 fully saturated rings. The Morgan fingerprint density at radius 2 is 1.82 bits per heavy atom. The summed E-state index contributed by atoms with van der Waals surface area (Å²) in [6.07, 6.45) is 10.3. The van der Waals surface area contributed by atoms with Crippen LogP contribution < -0.4 is 0 Å². The van der Waals surface area contributed by atoms with E-state index in [0.717, 1.165) is 5.92 Å². The summed E-state index contributed by atoms with van der Waals surface area (Å²) in [6, 6.07) is 4.49. The Balaban J connectivity index is 1.98. The maximum absolute atomic E-state index is 4.64. The van der Waals surface area contributed by atoms with Gasteiger partial charge in [-0.1, -0.05) is 58.9 Å². The average Bonchev–Trinajstić information content (AvgIpc) is 2.30. The van der Waals surface area contributed by atoms with Crippen molar-refractivity contribution in [3.63, 3.8) is 0 Å². The van der Waals surface area contributed by atoms with Crippen LogP contribution in [0.1, 0.15) is 64.1 Å². The van der Waals surface area contributed by atoms with Gasteiger partial charge in [-0.25, -0.2) is 0 Å². The minimum Gasteiger partial charge on any atom is -0.261 e. The third kappa shape index (κ3) is 3.55. The second kappa shape index (κ2) is 5.20. The molecule has 0 amide bonds. The lowest BCUT2D eigenvalue weighted by Crippen LogP contribution is -2.13. The van der Waals surface area contributed by atoms with Gasteiger partial charge in [0.2, 0.25) is 0 Å². The quantitative estimate of drug-likeness (QED) is 0.730. The molecule has 1 nitrogen and oxygen atoms in total. The number of rotatable bonds is 2. The fourth-order valence-corrected chi connectivity index (χ4v) is 2.68. The molecule has 0 N–H and O–H groups in total. The smallest absolute Gasteiger partial charge is 0.0406 e. The van der Waals surface area contributed by atoms with E-state index >= 15 is 0 Å². The van der Waals surface area contributed by atoms with Gasteiger partial charge in [0.05, 0.1) is 0 Å². The van der Waals surface area contributed by atoms with Crippen molar-refractivity contribution in [3.8, 4) is 0 Å². The molecular weight excluding hydrogens is 206 g/mol. The van der Waals surface area contributed by atoms with Gasteiger partial charge in [-0.3, -0.25) is 4.98 Å². The van der Waals surface area contributed by atoms with Gasteiger partial charge in [0.1, 0.15) is 0 Å². The Kier molecular flexibility index (Phi) is 3.86. The summed E-state index contributed by atoms with van der Waals surface area (Å²) in [4.78, 5) is 4.64. The molecular formula is C16H25N. The molecule has 1 heterocycles. The van der Waals surface area contributed by atoms with E-state index in [1.54, 1.807) is 0 Å². The molecule has 1 aromatic rings. The molecule has 1 heteroatoms. The molecule has 0 spiro atoms. The molecule has 0 aromatic carbocycles. The van der Waals surface area contributed by atoms with Gasteiger partial charge in [0, 0.05) is 11.9 Å². The van der Waals surface area contributed by atoms with E-state index in [2.05, 4.69) is 44.1 Å². The predicted octanol–water partition coefficient (Wildman–Crippen LogP) is 4.50. The van der Waals surface area contributed by atoms with Crippen LogP contribution in [-0.2, 0) is 11.8 Å². The summed E-state index contributed by atoms with van der Waals surface area (Å²) in [5.41, 5.74) is 2.84. The SMILES string of the molecule is CC(C)(C)c1ccc(CC2CCCCC2)nc1. The molecule has 17 heavy (non-hydrogen) atoms. The van der Waals surface area contributed by atoms with E-state index in [0.29, 0.717) is 0 Å². The lowest BCUT2D eigenvalue weighted by atomic mass is 9.85. The highest BCUT2D eigenvalue weighted by Crippen LogP contribution is 2.27. The van der Waals surface area contributed by atoms with Gasteiger partial charge in [0.25, 0.3) is 0 Å². The van der Waals surface area contributed by atoms with Crippen LogP contribution >= 0.6 is 0 Å². The van der Waals surface area contributed by atoms with Gasteiger partial charge >= 0.3 is 0 Å². The standard InChI is InChI=1S/C16H25N/c1-16(2,3)14-9-10-15(17-12-14)11-13-7-5-4-6-8-13/h9-10,12-13H,4-8,11H2,1-3H3. The summed E-state index contributed by atoms with van der Waals surface area (Å²) in [5, 5.41) is 0. The molecule has 0 radical (unpaired) electrons. The van der Waals surface area contributed by atoms with Gasteiger partial charge in [-0.2, -0.15) is 0 Å². The van der Waals surface area contributed by atoms with E-state index in [9.17, 15) is 0 Å². The summed E-state index contributed by atoms with van der Waals surface area (Å²) in [5.74, 6) is 0.886. The van der Waals surface area contributed by atoms with E-state index in [-0.39, 0.29) is 5.41 Å². The number of nitrogens with zero attached hydrogens (tertiary/aromatic N) is 1. The number of hydrogen-bond acceptors (Lipinski definition) is 1. The highest BCUT2D eigenvalue weighted by molar-refractivity contribution is 5.21. The molecule has 1 aliphatic carbocycles. The van der Waals surface area contributed by atoms with Crippen molar-refractivity contribution in [2.24, 2.45) is 5.92 Å². The van der Waals surface area contributed by atoms with Gasteiger partial charge in [-0.15, -0.1) is 0 Å².